The Balaban J connectivity index is 1.47. The lowest BCUT2D eigenvalue weighted by Gasteiger charge is -2.07. The lowest BCUT2D eigenvalue weighted by Crippen LogP contribution is -1.99. The van der Waals surface area contributed by atoms with Crippen LogP contribution in [0.15, 0.2) is 77.4 Å². The molecule has 0 aliphatic heterocycles. The molecule has 2 heteroatoms. The lowest BCUT2D eigenvalue weighted by molar-refractivity contribution is 0.311. The molecule has 0 fully saturated rings. The second-order valence-electron chi connectivity index (χ2n) is 4.94. The number of ether oxygens (including phenoxy) is 1. The molecular weight excluding hydrogens is 260 g/mol. The highest BCUT2D eigenvalue weighted by Crippen LogP contribution is 2.22. The van der Waals surface area contributed by atoms with E-state index in [1.165, 1.54) is 5.56 Å². The molecule has 0 saturated heterocycles. The first-order valence-corrected chi connectivity index (χ1v) is 7.22. The third-order valence-corrected chi connectivity index (χ3v) is 3.38. The van der Waals surface area contributed by atoms with Crippen molar-refractivity contribution in [2.24, 2.45) is 0 Å². The first-order valence-electron chi connectivity index (χ1n) is 7.22. The van der Waals surface area contributed by atoms with Crippen molar-refractivity contribution in [3.63, 3.8) is 0 Å². The normalized spacial score (nSPS) is 10.5. The quantitative estimate of drug-likeness (QED) is 0.595. The van der Waals surface area contributed by atoms with Gasteiger partial charge in [0.2, 0.25) is 0 Å². The molecule has 0 amide bonds. The predicted molar refractivity (Wildman–Crippen MR) is 84.4 cm³/mol. The monoisotopic (exact) mass is 278 g/mol. The van der Waals surface area contributed by atoms with Crippen molar-refractivity contribution >= 4 is 0 Å². The molecule has 0 atom stereocenters. The second-order valence-corrected chi connectivity index (χ2v) is 4.94. The van der Waals surface area contributed by atoms with Gasteiger partial charge in [-0.15, -0.1) is 0 Å². The van der Waals surface area contributed by atoms with Crippen LogP contribution in [0.5, 0.6) is 5.75 Å². The topological polar surface area (TPSA) is 22.4 Å². The van der Waals surface area contributed by atoms with Gasteiger partial charge in [-0.2, -0.15) is 0 Å². The summed E-state index contributed by atoms with van der Waals surface area (Å²) >= 11 is 0. The zero-order valence-electron chi connectivity index (χ0n) is 11.9. The molecule has 0 bridgehead atoms. The molecule has 106 valence electrons. The third kappa shape index (κ3) is 3.76. The largest absolute Gasteiger partial charge is 0.494 e. The van der Waals surface area contributed by atoms with Crippen LogP contribution < -0.4 is 4.74 Å². The van der Waals surface area contributed by atoms with Gasteiger partial charge in [-0.25, -0.2) is 0 Å². The molecule has 0 aliphatic rings. The number of furan rings is 1. The van der Waals surface area contributed by atoms with E-state index in [0.717, 1.165) is 36.5 Å². The molecule has 2 aromatic carbocycles. The van der Waals surface area contributed by atoms with Crippen LogP contribution in [0.25, 0.3) is 11.3 Å². The molecule has 0 saturated carbocycles. The summed E-state index contributed by atoms with van der Waals surface area (Å²) in [5.41, 5.74) is 2.42. The summed E-state index contributed by atoms with van der Waals surface area (Å²) in [5, 5.41) is 0. The number of aryl methyl sites for hydroxylation is 1. The summed E-state index contributed by atoms with van der Waals surface area (Å²) in [5.74, 6) is 1.78. The molecule has 1 aromatic heterocycles. The highest BCUT2D eigenvalue weighted by Gasteiger charge is 2.01. The van der Waals surface area contributed by atoms with Crippen LogP contribution in [0.4, 0.5) is 0 Å². The van der Waals surface area contributed by atoms with E-state index in [4.69, 9.17) is 9.15 Å². The molecule has 0 radical (unpaired) electrons. The van der Waals surface area contributed by atoms with Gasteiger partial charge in [-0.05, 0) is 54.8 Å². The molecule has 3 rings (SSSR count). The van der Waals surface area contributed by atoms with E-state index >= 15 is 0 Å². The minimum Gasteiger partial charge on any atom is -0.494 e. The van der Waals surface area contributed by atoms with E-state index in [2.05, 4.69) is 24.3 Å². The van der Waals surface area contributed by atoms with Crippen LogP contribution in [0, 0.1) is 0 Å². The number of benzene rings is 2. The Morgan fingerprint density at radius 3 is 2.33 bits per heavy atom. The van der Waals surface area contributed by atoms with Gasteiger partial charge in [-0.3, -0.25) is 0 Å². The van der Waals surface area contributed by atoms with Gasteiger partial charge in [0, 0.05) is 5.56 Å². The second kappa shape index (κ2) is 6.80. The zero-order chi connectivity index (χ0) is 14.3. The van der Waals surface area contributed by atoms with Gasteiger partial charge in [0.15, 0.2) is 0 Å². The van der Waals surface area contributed by atoms with Crippen LogP contribution >= 0.6 is 0 Å². The van der Waals surface area contributed by atoms with Crippen LogP contribution in [-0.4, -0.2) is 6.61 Å². The van der Waals surface area contributed by atoms with Gasteiger partial charge < -0.3 is 9.15 Å². The third-order valence-electron chi connectivity index (χ3n) is 3.38. The van der Waals surface area contributed by atoms with Crippen molar-refractivity contribution in [3.05, 3.63) is 78.6 Å². The van der Waals surface area contributed by atoms with Gasteiger partial charge in [0.05, 0.1) is 12.9 Å². The molecule has 2 nitrogen and oxygen atoms in total. The molecule has 0 spiro atoms. The fourth-order valence-corrected chi connectivity index (χ4v) is 2.27. The Morgan fingerprint density at radius 2 is 1.62 bits per heavy atom. The van der Waals surface area contributed by atoms with Gasteiger partial charge in [0.25, 0.3) is 0 Å². The molecule has 21 heavy (non-hydrogen) atoms. The van der Waals surface area contributed by atoms with E-state index in [9.17, 15) is 0 Å². The number of hydrogen-bond acceptors (Lipinski definition) is 2. The number of rotatable bonds is 6. The maximum Gasteiger partial charge on any atom is 0.133 e. The molecule has 0 unspecified atom stereocenters. The summed E-state index contributed by atoms with van der Waals surface area (Å²) in [7, 11) is 0. The Kier molecular flexibility index (Phi) is 4.37. The van der Waals surface area contributed by atoms with E-state index < -0.39 is 0 Å². The molecule has 1 heterocycles. The Hall–Kier alpha value is -2.48. The van der Waals surface area contributed by atoms with Gasteiger partial charge in [0.1, 0.15) is 11.5 Å². The first-order chi connectivity index (χ1) is 10.4. The summed E-state index contributed by atoms with van der Waals surface area (Å²) in [4.78, 5) is 0. The van der Waals surface area contributed by atoms with E-state index in [1.807, 2.05) is 42.5 Å². The van der Waals surface area contributed by atoms with Gasteiger partial charge >= 0.3 is 0 Å². The predicted octanol–water partition coefficient (Wildman–Crippen LogP) is 4.96. The molecule has 0 aliphatic carbocycles. The van der Waals surface area contributed by atoms with Crippen LogP contribution in [0.3, 0.4) is 0 Å². The van der Waals surface area contributed by atoms with Crippen molar-refractivity contribution in [1.82, 2.24) is 0 Å². The molecular formula is C19H18O2. The molecule has 3 aromatic rings. The van der Waals surface area contributed by atoms with Crippen molar-refractivity contribution in [3.8, 4) is 17.1 Å². The van der Waals surface area contributed by atoms with E-state index in [-0.39, 0.29) is 0 Å². The van der Waals surface area contributed by atoms with Crippen molar-refractivity contribution < 1.29 is 9.15 Å². The van der Waals surface area contributed by atoms with Crippen molar-refractivity contribution in [2.45, 2.75) is 12.8 Å². The summed E-state index contributed by atoms with van der Waals surface area (Å²) in [6, 6.07) is 22.3. The summed E-state index contributed by atoms with van der Waals surface area (Å²) in [6.07, 6.45) is 3.75. The maximum absolute atomic E-state index is 5.77. The number of hydrogen-bond donors (Lipinski definition) is 0. The Morgan fingerprint density at radius 1 is 0.810 bits per heavy atom. The SMILES string of the molecule is c1ccc(CCCOc2ccc(-c3ccco3)cc2)cc1. The van der Waals surface area contributed by atoms with Crippen molar-refractivity contribution in [2.75, 3.05) is 6.61 Å². The highest BCUT2D eigenvalue weighted by molar-refractivity contribution is 5.58. The zero-order valence-corrected chi connectivity index (χ0v) is 11.9. The Bertz CT molecular complexity index is 640. The van der Waals surface area contributed by atoms with Crippen LogP contribution in [0.2, 0.25) is 0 Å². The maximum atomic E-state index is 5.77. The standard InChI is InChI=1S/C19H18O2/c1-2-6-16(7-3-1)8-4-14-20-18-12-10-17(11-13-18)19-9-5-15-21-19/h1-3,5-7,9-13,15H,4,8,14H2. The smallest absolute Gasteiger partial charge is 0.133 e. The fourth-order valence-electron chi connectivity index (χ4n) is 2.27. The van der Waals surface area contributed by atoms with Gasteiger partial charge in [-0.1, -0.05) is 30.3 Å². The molecule has 0 N–H and O–H groups in total. The van der Waals surface area contributed by atoms with Crippen LogP contribution in [0.1, 0.15) is 12.0 Å². The lowest BCUT2D eigenvalue weighted by atomic mass is 10.1. The minimum atomic E-state index is 0.731. The van der Waals surface area contributed by atoms with E-state index in [0.29, 0.717) is 0 Å². The summed E-state index contributed by atoms with van der Waals surface area (Å²) in [6.45, 7) is 0.731. The summed E-state index contributed by atoms with van der Waals surface area (Å²) < 4.78 is 11.1. The Labute approximate surface area is 125 Å². The van der Waals surface area contributed by atoms with E-state index in [1.54, 1.807) is 6.26 Å². The van der Waals surface area contributed by atoms with Crippen LogP contribution in [-0.2, 0) is 6.42 Å². The first kappa shape index (κ1) is 13.5. The highest BCUT2D eigenvalue weighted by atomic mass is 16.5. The minimum absolute atomic E-state index is 0.731. The average Bonchev–Trinajstić information content (AvgIpc) is 3.08. The van der Waals surface area contributed by atoms with Crippen molar-refractivity contribution in [1.29, 1.82) is 0 Å². The fraction of sp³-hybridized carbons (Fsp3) is 0.158. The average molecular weight is 278 g/mol.